The Morgan fingerprint density at radius 1 is 1.12 bits per heavy atom. The Morgan fingerprint density at radius 2 is 1.77 bits per heavy atom. The molecule has 0 aliphatic carbocycles. The second kappa shape index (κ2) is 11.6. The maximum absolute atomic E-state index is 4.37. The summed E-state index contributed by atoms with van der Waals surface area (Å²) in [6.45, 7) is 15.9. The highest BCUT2D eigenvalue weighted by Gasteiger charge is 2.17. The highest BCUT2D eigenvalue weighted by molar-refractivity contribution is 7.09. The number of thiophene rings is 1. The number of nitrogens with one attached hydrogen (secondary N) is 2. The van der Waals surface area contributed by atoms with Gasteiger partial charge in [-0.15, -0.1) is 11.3 Å². The van der Waals surface area contributed by atoms with Crippen molar-refractivity contribution in [3.05, 3.63) is 22.4 Å². The first kappa shape index (κ1) is 21.2. The van der Waals surface area contributed by atoms with Crippen LogP contribution in [0.25, 0.3) is 0 Å². The molecule has 0 aromatic carbocycles. The molecule has 148 valence electrons. The standard InChI is InChI=1S/C20H37N5S/c1-5-24-8-10-25(11-9-24)16-18(3)15-23-20(21-4)22-14-17(2)13-19-7-6-12-26-19/h6-7,12,17-18H,5,8-11,13-16H2,1-4H3,(H2,21,22,23). The fraction of sp³-hybridized carbons (Fsp3) is 0.750. The van der Waals surface area contributed by atoms with Crippen molar-refractivity contribution in [1.82, 2.24) is 20.4 Å². The van der Waals surface area contributed by atoms with Gasteiger partial charge in [-0.25, -0.2) is 0 Å². The molecule has 26 heavy (non-hydrogen) atoms. The number of piperazine rings is 1. The van der Waals surface area contributed by atoms with Gasteiger partial charge in [0.05, 0.1) is 0 Å². The van der Waals surface area contributed by atoms with Crippen molar-refractivity contribution in [2.24, 2.45) is 16.8 Å². The van der Waals surface area contributed by atoms with Crippen LogP contribution in [0.1, 0.15) is 25.6 Å². The van der Waals surface area contributed by atoms with Crippen LogP contribution < -0.4 is 10.6 Å². The number of aliphatic imine (C=N–C) groups is 1. The number of hydrogen-bond acceptors (Lipinski definition) is 4. The van der Waals surface area contributed by atoms with Crippen molar-refractivity contribution in [2.75, 3.05) is 59.4 Å². The molecule has 0 saturated carbocycles. The van der Waals surface area contributed by atoms with Crippen LogP contribution in [-0.2, 0) is 6.42 Å². The highest BCUT2D eigenvalue weighted by atomic mass is 32.1. The summed E-state index contributed by atoms with van der Waals surface area (Å²) in [6, 6.07) is 4.35. The Bertz CT molecular complexity index is 508. The Labute approximate surface area is 163 Å². The van der Waals surface area contributed by atoms with E-state index >= 15 is 0 Å². The molecule has 5 nitrogen and oxygen atoms in total. The second-order valence-corrected chi connectivity index (χ2v) is 8.59. The van der Waals surface area contributed by atoms with Gasteiger partial charge in [0.15, 0.2) is 5.96 Å². The van der Waals surface area contributed by atoms with Gasteiger partial charge in [-0.2, -0.15) is 0 Å². The molecule has 1 fully saturated rings. The summed E-state index contributed by atoms with van der Waals surface area (Å²) >= 11 is 1.84. The van der Waals surface area contributed by atoms with E-state index in [-0.39, 0.29) is 0 Å². The van der Waals surface area contributed by atoms with Gasteiger partial charge in [0.2, 0.25) is 0 Å². The molecule has 6 heteroatoms. The normalized spacial score (nSPS) is 19.3. The molecule has 1 saturated heterocycles. The minimum atomic E-state index is 0.597. The summed E-state index contributed by atoms with van der Waals surface area (Å²) in [4.78, 5) is 11.0. The van der Waals surface area contributed by atoms with Crippen LogP contribution >= 0.6 is 11.3 Å². The molecular formula is C20H37N5S. The molecule has 2 heterocycles. The molecule has 2 N–H and O–H groups in total. The highest BCUT2D eigenvalue weighted by Crippen LogP contribution is 2.13. The van der Waals surface area contributed by atoms with Crippen LogP contribution in [0.15, 0.2) is 22.5 Å². The van der Waals surface area contributed by atoms with Gasteiger partial charge in [0.1, 0.15) is 0 Å². The summed E-state index contributed by atoms with van der Waals surface area (Å²) in [7, 11) is 1.86. The van der Waals surface area contributed by atoms with E-state index in [9.17, 15) is 0 Å². The number of guanidine groups is 1. The average molecular weight is 380 g/mol. The smallest absolute Gasteiger partial charge is 0.190 e. The Hall–Kier alpha value is -1.11. The molecule has 1 aliphatic heterocycles. The molecule has 2 rings (SSSR count). The van der Waals surface area contributed by atoms with Crippen LogP contribution in [-0.4, -0.2) is 75.2 Å². The van der Waals surface area contributed by atoms with Crippen LogP contribution in [0.5, 0.6) is 0 Å². The SMILES string of the molecule is CCN1CCN(CC(C)CNC(=NC)NCC(C)Cc2cccs2)CC1. The maximum Gasteiger partial charge on any atom is 0.190 e. The van der Waals surface area contributed by atoms with E-state index in [1.54, 1.807) is 0 Å². The Kier molecular flexibility index (Phi) is 9.43. The lowest BCUT2D eigenvalue weighted by atomic mass is 10.1. The molecule has 2 atom stereocenters. The second-order valence-electron chi connectivity index (χ2n) is 7.56. The molecule has 0 bridgehead atoms. The zero-order chi connectivity index (χ0) is 18.8. The van der Waals surface area contributed by atoms with Gasteiger partial charge in [0.25, 0.3) is 0 Å². The van der Waals surface area contributed by atoms with Crippen LogP contribution in [0.3, 0.4) is 0 Å². The fourth-order valence-electron chi connectivity index (χ4n) is 3.40. The Balaban J connectivity index is 1.61. The predicted octanol–water partition coefficient (Wildman–Crippen LogP) is 2.37. The number of rotatable bonds is 9. The van der Waals surface area contributed by atoms with E-state index in [0.29, 0.717) is 11.8 Å². The zero-order valence-corrected chi connectivity index (χ0v) is 17.8. The predicted molar refractivity (Wildman–Crippen MR) is 114 cm³/mol. The van der Waals surface area contributed by atoms with Crippen molar-refractivity contribution in [3.8, 4) is 0 Å². The summed E-state index contributed by atoms with van der Waals surface area (Å²) in [5, 5.41) is 9.13. The lowest BCUT2D eigenvalue weighted by Gasteiger charge is -2.35. The van der Waals surface area contributed by atoms with Crippen LogP contribution in [0.4, 0.5) is 0 Å². The molecular weight excluding hydrogens is 342 g/mol. The third-order valence-electron chi connectivity index (χ3n) is 5.07. The molecule has 0 amide bonds. The number of likely N-dealkylation sites (N-methyl/N-ethyl adjacent to an activating group) is 1. The van der Waals surface area contributed by atoms with Crippen molar-refractivity contribution >= 4 is 17.3 Å². The first-order valence-corrected chi connectivity index (χ1v) is 10.9. The van der Waals surface area contributed by atoms with Crippen LogP contribution in [0, 0.1) is 11.8 Å². The monoisotopic (exact) mass is 379 g/mol. The van der Waals surface area contributed by atoms with Crippen molar-refractivity contribution in [3.63, 3.8) is 0 Å². The molecule has 0 radical (unpaired) electrons. The quantitative estimate of drug-likeness (QED) is 0.511. The Morgan fingerprint density at radius 3 is 2.35 bits per heavy atom. The zero-order valence-electron chi connectivity index (χ0n) is 17.0. The molecule has 1 aliphatic rings. The number of nitrogens with zero attached hydrogens (tertiary/aromatic N) is 3. The maximum atomic E-state index is 4.37. The first-order valence-electron chi connectivity index (χ1n) is 10.0. The summed E-state index contributed by atoms with van der Waals surface area (Å²) < 4.78 is 0. The summed E-state index contributed by atoms with van der Waals surface area (Å²) in [6.07, 6.45) is 1.13. The minimum absolute atomic E-state index is 0.597. The number of hydrogen-bond donors (Lipinski definition) is 2. The summed E-state index contributed by atoms with van der Waals surface area (Å²) in [5.41, 5.74) is 0. The minimum Gasteiger partial charge on any atom is -0.356 e. The van der Waals surface area contributed by atoms with E-state index in [4.69, 9.17) is 0 Å². The van der Waals surface area contributed by atoms with E-state index < -0.39 is 0 Å². The lowest BCUT2D eigenvalue weighted by molar-refractivity contribution is 0.124. The van der Waals surface area contributed by atoms with Crippen molar-refractivity contribution in [2.45, 2.75) is 27.2 Å². The first-order chi connectivity index (χ1) is 12.6. The third-order valence-corrected chi connectivity index (χ3v) is 5.97. The van der Waals surface area contributed by atoms with E-state index in [0.717, 1.165) is 32.0 Å². The molecule has 0 spiro atoms. The fourth-order valence-corrected chi connectivity index (χ4v) is 4.27. The van der Waals surface area contributed by atoms with Crippen molar-refractivity contribution in [1.29, 1.82) is 0 Å². The van der Waals surface area contributed by atoms with Crippen LogP contribution in [0.2, 0.25) is 0 Å². The van der Waals surface area contributed by atoms with Gasteiger partial charge in [0, 0.05) is 57.7 Å². The van der Waals surface area contributed by atoms with E-state index in [1.165, 1.54) is 37.6 Å². The molecule has 1 aromatic rings. The average Bonchev–Trinajstić information content (AvgIpc) is 3.15. The van der Waals surface area contributed by atoms with Gasteiger partial charge in [-0.3, -0.25) is 4.99 Å². The van der Waals surface area contributed by atoms with Crippen molar-refractivity contribution < 1.29 is 0 Å². The van der Waals surface area contributed by atoms with Gasteiger partial charge in [-0.05, 0) is 36.2 Å². The van der Waals surface area contributed by atoms with Gasteiger partial charge < -0.3 is 20.4 Å². The lowest BCUT2D eigenvalue weighted by Crippen LogP contribution is -2.48. The largest absolute Gasteiger partial charge is 0.356 e. The van der Waals surface area contributed by atoms with E-state index in [1.807, 2.05) is 18.4 Å². The third kappa shape index (κ3) is 7.64. The molecule has 2 unspecified atom stereocenters. The van der Waals surface area contributed by atoms with Gasteiger partial charge >= 0.3 is 0 Å². The van der Waals surface area contributed by atoms with E-state index in [2.05, 4.69) is 63.7 Å². The summed E-state index contributed by atoms with van der Waals surface area (Å²) in [5.74, 6) is 2.13. The van der Waals surface area contributed by atoms with Gasteiger partial charge in [-0.1, -0.05) is 26.8 Å². The topological polar surface area (TPSA) is 42.9 Å². The molecule has 1 aromatic heterocycles.